The third-order valence-electron chi connectivity index (χ3n) is 3.41. The van der Waals surface area contributed by atoms with Crippen LogP contribution < -0.4 is 0 Å². The number of aliphatic hydroxyl groups is 1. The van der Waals surface area contributed by atoms with Crippen LogP contribution in [-0.4, -0.2) is 5.11 Å². The summed E-state index contributed by atoms with van der Waals surface area (Å²) in [4.78, 5) is 1.34. The van der Waals surface area contributed by atoms with Crippen molar-refractivity contribution in [2.45, 2.75) is 45.1 Å². The van der Waals surface area contributed by atoms with Crippen LogP contribution in [0.3, 0.4) is 0 Å². The summed E-state index contributed by atoms with van der Waals surface area (Å²) in [5, 5.41) is 12.3. The summed E-state index contributed by atoms with van der Waals surface area (Å²) in [5.74, 6) is 0. The molecule has 102 valence electrons. The predicted molar refractivity (Wildman–Crippen MR) is 82.7 cm³/mol. The minimum atomic E-state index is -0.365. The summed E-state index contributed by atoms with van der Waals surface area (Å²) >= 11 is 1.75. The van der Waals surface area contributed by atoms with Gasteiger partial charge in [0.25, 0.3) is 0 Å². The fourth-order valence-electron chi connectivity index (χ4n) is 2.11. The Morgan fingerprint density at radius 1 is 1.11 bits per heavy atom. The van der Waals surface area contributed by atoms with Crippen molar-refractivity contribution in [2.75, 3.05) is 0 Å². The number of rotatable bonds is 4. The van der Waals surface area contributed by atoms with Gasteiger partial charge in [-0.05, 0) is 40.8 Å². The summed E-state index contributed by atoms with van der Waals surface area (Å²) in [7, 11) is 0. The van der Waals surface area contributed by atoms with Gasteiger partial charge in [-0.25, -0.2) is 0 Å². The maximum Gasteiger partial charge on any atom is 0.0793 e. The van der Waals surface area contributed by atoms with E-state index in [-0.39, 0.29) is 11.5 Å². The van der Waals surface area contributed by atoms with Crippen molar-refractivity contribution in [1.29, 1.82) is 0 Å². The number of thiophene rings is 1. The molecule has 0 saturated heterocycles. The number of hydrogen-bond donors (Lipinski definition) is 1. The summed E-state index contributed by atoms with van der Waals surface area (Å²) in [5.41, 5.74) is 2.49. The highest BCUT2D eigenvalue weighted by Gasteiger charge is 2.14. The number of aryl methyl sites for hydroxylation is 1. The lowest BCUT2D eigenvalue weighted by molar-refractivity contribution is 0.168. The van der Waals surface area contributed by atoms with Crippen molar-refractivity contribution in [3.63, 3.8) is 0 Å². The normalized spacial score (nSPS) is 13.5. The summed E-state index contributed by atoms with van der Waals surface area (Å²) in [6, 6.07) is 12.6. The van der Waals surface area contributed by atoms with Crippen molar-refractivity contribution in [2.24, 2.45) is 0 Å². The molecule has 0 amide bonds. The van der Waals surface area contributed by atoms with Crippen LogP contribution in [0.25, 0.3) is 0 Å². The first-order chi connectivity index (χ1) is 8.97. The van der Waals surface area contributed by atoms with E-state index in [0.717, 1.165) is 18.4 Å². The molecule has 1 aromatic heterocycles. The predicted octanol–water partition coefficient (Wildman–Crippen LogP) is 4.71. The molecule has 1 nitrogen and oxygen atoms in total. The fraction of sp³-hybridized carbons (Fsp3) is 0.412. The van der Waals surface area contributed by atoms with Gasteiger partial charge < -0.3 is 5.11 Å². The number of aliphatic hydroxyl groups excluding tert-OH is 1. The molecule has 1 N–H and O–H groups in total. The second-order valence-electron chi connectivity index (χ2n) is 6.01. The van der Waals surface area contributed by atoms with Crippen LogP contribution in [0.1, 0.15) is 49.3 Å². The molecule has 2 rings (SSSR count). The molecule has 0 bridgehead atoms. The molecule has 2 aromatic rings. The van der Waals surface area contributed by atoms with Crippen LogP contribution >= 0.6 is 11.3 Å². The van der Waals surface area contributed by atoms with E-state index in [1.807, 2.05) is 0 Å². The molecular weight excluding hydrogens is 252 g/mol. The van der Waals surface area contributed by atoms with Crippen LogP contribution in [0.2, 0.25) is 0 Å². The molecule has 0 aliphatic carbocycles. The Balaban J connectivity index is 1.97. The molecule has 0 spiro atoms. The molecule has 0 fully saturated rings. The minimum Gasteiger partial charge on any atom is -0.388 e. The summed E-state index contributed by atoms with van der Waals surface area (Å²) < 4.78 is 0. The summed E-state index contributed by atoms with van der Waals surface area (Å²) in [6.45, 7) is 6.61. The third kappa shape index (κ3) is 3.92. The van der Waals surface area contributed by atoms with Crippen LogP contribution in [-0.2, 0) is 11.8 Å². The first-order valence-electron chi connectivity index (χ1n) is 6.78. The molecule has 0 radical (unpaired) electrons. The highest BCUT2D eigenvalue weighted by molar-refractivity contribution is 7.09. The quantitative estimate of drug-likeness (QED) is 0.856. The van der Waals surface area contributed by atoms with E-state index in [1.165, 1.54) is 10.4 Å². The van der Waals surface area contributed by atoms with E-state index in [0.29, 0.717) is 0 Å². The molecule has 1 atom stereocenters. The number of hydrogen-bond acceptors (Lipinski definition) is 2. The summed E-state index contributed by atoms with van der Waals surface area (Å²) in [6.07, 6.45) is 1.37. The average molecular weight is 274 g/mol. The van der Waals surface area contributed by atoms with Gasteiger partial charge in [0, 0.05) is 4.88 Å². The van der Waals surface area contributed by atoms with Crippen LogP contribution in [0.5, 0.6) is 0 Å². The maximum atomic E-state index is 10.2. The second kappa shape index (κ2) is 5.89. The van der Waals surface area contributed by atoms with E-state index in [1.54, 1.807) is 11.3 Å². The lowest BCUT2D eigenvalue weighted by atomic mass is 9.86. The Kier molecular flexibility index (Phi) is 4.43. The van der Waals surface area contributed by atoms with E-state index >= 15 is 0 Å². The average Bonchev–Trinajstić information content (AvgIpc) is 2.88. The zero-order chi connectivity index (χ0) is 13.9. The van der Waals surface area contributed by atoms with Crippen LogP contribution in [0.4, 0.5) is 0 Å². The molecular formula is C17H22OS. The zero-order valence-corrected chi connectivity index (χ0v) is 12.7. The Hall–Kier alpha value is -1.12. The maximum absolute atomic E-state index is 10.2. The Morgan fingerprint density at radius 3 is 2.32 bits per heavy atom. The first kappa shape index (κ1) is 14.3. The van der Waals surface area contributed by atoms with Gasteiger partial charge in [-0.3, -0.25) is 0 Å². The Morgan fingerprint density at radius 2 is 1.79 bits per heavy atom. The van der Waals surface area contributed by atoms with Crippen LogP contribution in [0, 0.1) is 0 Å². The molecule has 2 heteroatoms. The second-order valence-corrected chi connectivity index (χ2v) is 7.04. The van der Waals surface area contributed by atoms with Crippen molar-refractivity contribution >= 4 is 11.3 Å². The van der Waals surface area contributed by atoms with Crippen LogP contribution in [0.15, 0.2) is 41.8 Å². The molecule has 1 unspecified atom stereocenters. The van der Waals surface area contributed by atoms with E-state index in [9.17, 15) is 5.11 Å². The number of benzene rings is 1. The van der Waals surface area contributed by atoms with Gasteiger partial charge in [-0.15, -0.1) is 11.3 Å². The Bertz CT molecular complexity index is 491. The van der Waals surface area contributed by atoms with Gasteiger partial charge in [-0.2, -0.15) is 0 Å². The highest BCUT2D eigenvalue weighted by Crippen LogP contribution is 2.26. The lowest BCUT2D eigenvalue weighted by Crippen LogP contribution is -2.11. The van der Waals surface area contributed by atoms with Gasteiger partial charge in [0.15, 0.2) is 0 Å². The molecule has 1 heterocycles. The van der Waals surface area contributed by atoms with Crippen molar-refractivity contribution in [3.05, 3.63) is 57.8 Å². The largest absolute Gasteiger partial charge is 0.388 e. The Labute approximate surface area is 119 Å². The van der Waals surface area contributed by atoms with Gasteiger partial charge in [0.05, 0.1) is 6.10 Å². The van der Waals surface area contributed by atoms with E-state index in [2.05, 4.69) is 62.5 Å². The van der Waals surface area contributed by atoms with Gasteiger partial charge in [0.1, 0.15) is 0 Å². The van der Waals surface area contributed by atoms with E-state index < -0.39 is 0 Å². The van der Waals surface area contributed by atoms with Crippen molar-refractivity contribution in [1.82, 2.24) is 0 Å². The highest BCUT2D eigenvalue weighted by atomic mass is 32.1. The first-order valence-corrected chi connectivity index (χ1v) is 7.65. The molecule has 1 aromatic carbocycles. The van der Waals surface area contributed by atoms with Gasteiger partial charge in [-0.1, -0.05) is 51.1 Å². The SMILES string of the molecule is CC(C)(C)c1ccc(C(O)CCc2cccs2)cc1. The monoisotopic (exact) mass is 274 g/mol. The van der Waals surface area contributed by atoms with Crippen molar-refractivity contribution < 1.29 is 5.11 Å². The molecule has 0 aliphatic rings. The van der Waals surface area contributed by atoms with Crippen molar-refractivity contribution in [3.8, 4) is 0 Å². The van der Waals surface area contributed by atoms with Gasteiger partial charge >= 0.3 is 0 Å². The standard InChI is InChI=1S/C17H22OS/c1-17(2,3)14-8-6-13(7-9-14)16(18)11-10-15-5-4-12-19-15/h4-9,12,16,18H,10-11H2,1-3H3. The lowest BCUT2D eigenvalue weighted by Gasteiger charge is -2.20. The molecule has 0 aliphatic heterocycles. The van der Waals surface area contributed by atoms with Gasteiger partial charge in [0.2, 0.25) is 0 Å². The third-order valence-corrected chi connectivity index (χ3v) is 4.34. The topological polar surface area (TPSA) is 20.2 Å². The van der Waals surface area contributed by atoms with E-state index in [4.69, 9.17) is 0 Å². The molecule has 0 saturated carbocycles. The fourth-order valence-corrected chi connectivity index (χ4v) is 2.83. The zero-order valence-electron chi connectivity index (χ0n) is 11.9. The molecule has 19 heavy (non-hydrogen) atoms. The minimum absolute atomic E-state index is 0.167. The smallest absolute Gasteiger partial charge is 0.0793 e.